The Hall–Kier alpha value is -3.61. The molecule has 3 heterocycles. The predicted octanol–water partition coefficient (Wildman–Crippen LogP) is 3.63. The van der Waals surface area contributed by atoms with Crippen LogP contribution >= 0.6 is 0 Å². The second-order valence-electron chi connectivity index (χ2n) is 7.07. The lowest BCUT2D eigenvalue weighted by molar-refractivity contribution is -0.114. The molecule has 7 nitrogen and oxygen atoms in total. The van der Waals surface area contributed by atoms with Crippen LogP contribution in [0.2, 0.25) is 0 Å². The normalized spacial score (nSPS) is 17.2. The maximum atomic E-state index is 12.4. The van der Waals surface area contributed by atoms with Gasteiger partial charge in [0.15, 0.2) is 11.7 Å². The first-order valence-electron chi connectivity index (χ1n) is 9.37. The van der Waals surface area contributed by atoms with Gasteiger partial charge in [0.25, 0.3) is 5.91 Å². The Kier molecular flexibility index (Phi) is 4.80. The van der Waals surface area contributed by atoms with Gasteiger partial charge < -0.3 is 14.1 Å². The number of aryl methyl sites for hydroxylation is 2. The molecule has 0 fully saturated rings. The molecule has 7 heteroatoms. The molecule has 2 aromatic rings. The zero-order chi connectivity index (χ0) is 20.5. The van der Waals surface area contributed by atoms with E-state index in [2.05, 4.69) is 18.0 Å². The van der Waals surface area contributed by atoms with E-state index in [1.165, 1.54) is 10.6 Å². The second-order valence-corrected chi connectivity index (χ2v) is 7.07. The summed E-state index contributed by atoms with van der Waals surface area (Å²) in [6, 6.07) is 9.88. The fourth-order valence-corrected chi connectivity index (χ4v) is 3.33. The third-order valence-corrected chi connectivity index (χ3v) is 4.76. The highest BCUT2D eigenvalue weighted by Gasteiger charge is 2.34. The van der Waals surface area contributed by atoms with E-state index in [0.29, 0.717) is 24.7 Å². The lowest BCUT2D eigenvalue weighted by atomic mass is 10.1. The number of ether oxygens (including phenoxy) is 1. The van der Waals surface area contributed by atoms with Crippen molar-refractivity contribution in [3.63, 3.8) is 0 Å². The topological polar surface area (TPSA) is 79.9 Å². The van der Waals surface area contributed by atoms with Gasteiger partial charge in [-0.3, -0.25) is 10.2 Å². The number of carbonyl (C=O) groups is 1. The second kappa shape index (κ2) is 7.43. The number of rotatable bonds is 5. The lowest BCUT2D eigenvalue weighted by Crippen LogP contribution is -2.38. The smallest absolute Gasteiger partial charge is 0.283 e. The number of hydrogen-bond acceptors (Lipinski definition) is 4. The fraction of sp³-hybridized carbons (Fsp3) is 0.227. The van der Waals surface area contributed by atoms with Gasteiger partial charge >= 0.3 is 0 Å². The molecular formula is C22H22N4O3. The summed E-state index contributed by atoms with van der Waals surface area (Å²) < 4.78 is 7.89. The van der Waals surface area contributed by atoms with Crippen LogP contribution in [-0.2, 0) is 16.2 Å². The number of aromatic nitrogens is 1. The number of carbonyl (C=O) groups excluding carboxylic acids is 1. The summed E-state index contributed by atoms with van der Waals surface area (Å²) in [5, 5.41) is 9.58. The predicted molar refractivity (Wildman–Crippen MR) is 111 cm³/mol. The number of benzene rings is 1. The first-order chi connectivity index (χ1) is 13.9. The van der Waals surface area contributed by atoms with Crippen molar-refractivity contribution in [2.75, 3.05) is 6.61 Å². The van der Waals surface area contributed by atoms with Crippen LogP contribution in [-0.4, -0.2) is 33.8 Å². The molecule has 0 unspecified atom stereocenters. The molecule has 0 bridgehead atoms. The maximum Gasteiger partial charge on any atom is 0.283 e. The van der Waals surface area contributed by atoms with Crippen molar-refractivity contribution < 1.29 is 14.4 Å². The molecule has 1 amide bonds. The minimum atomic E-state index is -0.449. The van der Waals surface area contributed by atoms with E-state index in [0.717, 1.165) is 17.0 Å². The number of fused-ring (bicyclic) bond motifs is 1. The van der Waals surface area contributed by atoms with E-state index in [9.17, 15) is 4.79 Å². The maximum absolute atomic E-state index is 12.4. The number of amides is 1. The molecule has 1 aromatic heterocycles. The summed E-state index contributed by atoms with van der Waals surface area (Å²) in [5.41, 5.74) is 3.29. The summed E-state index contributed by atoms with van der Waals surface area (Å²) in [6.07, 6.45) is 5.22. The largest absolute Gasteiger partial charge is 0.491 e. The monoisotopic (exact) mass is 390 g/mol. The first kappa shape index (κ1) is 18.7. The summed E-state index contributed by atoms with van der Waals surface area (Å²) in [7, 11) is 0. The van der Waals surface area contributed by atoms with E-state index < -0.39 is 5.91 Å². The highest BCUT2D eigenvalue weighted by atomic mass is 16.7. The average molecular weight is 390 g/mol. The molecule has 0 aliphatic carbocycles. The molecule has 2 aliphatic heterocycles. The SMILES string of the molecule is CC1=CC2=NC(=O)/C(=C\c3cccn3CCOc3ccc(C)cc3C)C(=N)N2O1. The van der Waals surface area contributed by atoms with Crippen molar-refractivity contribution in [1.29, 1.82) is 5.41 Å². The minimum Gasteiger partial charge on any atom is -0.491 e. The molecular weight excluding hydrogens is 368 g/mol. The summed E-state index contributed by atoms with van der Waals surface area (Å²) >= 11 is 0. The third-order valence-electron chi connectivity index (χ3n) is 4.76. The summed E-state index contributed by atoms with van der Waals surface area (Å²) in [5.74, 6) is 1.33. The molecule has 0 radical (unpaired) electrons. The van der Waals surface area contributed by atoms with Crippen LogP contribution in [0.4, 0.5) is 0 Å². The summed E-state index contributed by atoms with van der Waals surface area (Å²) in [4.78, 5) is 21.9. The number of amidine groups is 2. The van der Waals surface area contributed by atoms with Crippen LogP contribution in [0.25, 0.3) is 6.08 Å². The van der Waals surface area contributed by atoms with Crippen LogP contribution < -0.4 is 4.74 Å². The van der Waals surface area contributed by atoms with Crippen LogP contribution in [0.1, 0.15) is 23.7 Å². The van der Waals surface area contributed by atoms with E-state index >= 15 is 0 Å². The van der Waals surface area contributed by atoms with Gasteiger partial charge in [-0.2, -0.15) is 4.99 Å². The number of allylic oxidation sites excluding steroid dienone is 1. The highest BCUT2D eigenvalue weighted by Crippen LogP contribution is 2.24. The third kappa shape index (κ3) is 3.71. The van der Waals surface area contributed by atoms with Gasteiger partial charge in [0, 0.05) is 18.0 Å². The van der Waals surface area contributed by atoms with E-state index in [1.54, 1.807) is 19.1 Å². The molecule has 1 aromatic carbocycles. The van der Waals surface area contributed by atoms with Gasteiger partial charge in [-0.1, -0.05) is 17.7 Å². The Bertz CT molecular complexity index is 1090. The molecule has 2 aliphatic rings. The number of hydroxylamine groups is 2. The zero-order valence-corrected chi connectivity index (χ0v) is 16.6. The Morgan fingerprint density at radius 3 is 2.86 bits per heavy atom. The Morgan fingerprint density at radius 2 is 2.07 bits per heavy atom. The van der Waals surface area contributed by atoms with Crippen molar-refractivity contribution in [2.24, 2.45) is 4.99 Å². The van der Waals surface area contributed by atoms with Crippen molar-refractivity contribution in [1.82, 2.24) is 9.63 Å². The Balaban J connectivity index is 1.48. The quantitative estimate of drug-likeness (QED) is 0.791. The molecule has 4 rings (SSSR count). The standard InChI is InChI=1S/C22H22N4O3/c1-14-6-7-19(15(2)11-14)28-10-9-25-8-4-5-17(25)13-18-21(23)26-20(24-22(18)27)12-16(3)29-26/h4-8,11-13,23H,9-10H2,1-3H3/b18-13-,23-21?. The zero-order valence-electron chi connectivity index (χ0n) is 16.6. The highest BCUT2D eigenvalue weighted by molar-refractivity contribution is 6.32. The van der Waals surface area contributed by atoms with Gasteiger partial charge in [-0.15, -0.1) is 5.06 Å². The van der Waals surface area contributed by atoms with Gasteiger partial charge in [0.1, 0.15) is 18.1 Å². The number of aliphatic imine (C=N–C) groups is 1. The van der Waals surface area contributed by atoms with Gasteiger partial charge in [-0.05, 0) is 50.6 Å². The van der Waals surface area contributed by atoms with E-state index in [-0.39, 0.29) is 11.4 Å². The van der Waals surface area contributed by atoms with Gasteiger partial charge in [0.05, 0.1) is 12.1 Å². The van der Waals surface area contributed by atoms with Gasteiger partial charge in [-0.25, -0.2) is 0 Å². The fourth-order valence-electron chi connectivity index (χ4n) is 3.33. The molecule has 1 N–H and O–H groups in total. The van der Waals surface area contributed by atoms with Crippen molar-refractivity contribution in [3.8, 4) is 5.75 Å². The number of hydrogen-bond donors (Lipinski definition) is 1. The molecule has 0 saturated carbocycles. The lowest BCUT2D eigenvalue weighted by Gasteiger charge is -2.23. The van der Waals surface area contributed by atoms with Crippen LogP contribution in [0.5, 0.6) is 5.75 Å². The molecule has 0 saturated heterocycles. The summed E-state index contributed by atoms with van der Waals surface area (Å²) in [6.45, 7) is 6.93. The first-order valence-corrected chi connectivity index (χ1v) is 9.37. The number of nitrogens with zero attached hydrogens (tertiary/aromatic N) is 3. The van der Waals surface area contributed by atoms with E-state index in [1.807, 2.05) is 42.0 Å². The van der Waals surface area contributed by atoms with Gasteiger partial charge in [0.2, 0.25) is 0 Å². The van der Waals surface area contributed by atoms with Crippen molar-refractivity contribution >= 4 is 23.7 Å². The Labute approximate surface area is 169 Å². The average Bonchev–Trinajstić information content (AvgIpc) is 3.26. The number of nitrogens with one attached hydrogen (secondary N) is 1. The van der Waals surface area contributed by atoms with Crippen LogP contribution in [0.15, 0.2) is 58.9 Å². The van der Waals surface area contributed by atoms with Crippen molar-refractivity contribution in [2.45, 2.75) is 27.3 Å². The molecule has 29 heavy (non-hydrogen) atoms. The molecule has 0 spiro atoms. The molecule has 148 valence electrons. The van der Waals surface area contributed by atoms with Crippen molar-refractivity contribution in [3.05, 3.63) is 70.8 Å². The van der Waals surface area contributed by atoms with E-state index in [4.69, 9.17) is 15.0 Å². The molecule has 0 atom stereocenters. The van der Waals surface area contributed by atoms with Crippen LogP contribution in [0, 0.1) is 19.3 Å². The van der Waals surface area contributed by atoms with Crippen LogP contribution in [0.3, 0.4) is 0 Å². The minimum absolute atomic E-state index is 0.0209. The Morgan fingerprint density at radius 1 is 1.24 bits per heavy atom.